The molecule has 0 aliphatic carbocycles. The molecule has 0 radical (unpaired) electrons. The molecular weight excluding hydrogens is 390 g/mol. The molecule has 0 saturated carbocycles. The summed E-state index contributed by atoms with van der Waals surface area (Å²) in [5, 5.41) is 6.06. The SMILES string of the molecule is COc1ccc(N2CCCN2C(=O)CNC(=O)OC(C)(C)C)c(Br)c1. The summed E-state index contributed by atoms with van der Waals surface area (Å²) in [7, 11) is 1.61. The Balaban J connectivity index is 2.01. The van der Waals surface area contributed by atoms with Crippen LogP contribution in [0.25, 0.3) is 0 Å². The van der Waals surface area contributed by atoms with Crippen molar-refractivity contribution < 1.29 is 19.1 Å². The van der Waals surface area contributed by atoms with Gasteiger partial charge < -0.3 is 14.8 Å². The standard InChI is InChI=1S/C17H24BrN3O4/c1-17(2,3)25-16(23)19-11-15(22)21-9-5-8-20(21)14-7-6-12(24-4)10-13(14)18/h6-7,10H,5,8-9,11H2,1-4H3,(H,19,23). The largest absolute Gasteiger partial charge is 0.497 e. The van der Waals surface area contributed by atoms with Crippen LogP contribution in [0.1, 0.15) is 27.2 Å². The minimum atomic E-state index is -0.600. The average molecular weight is 414 g/mol. The molecule has 8 heteroatoms. The first kappa shape index (κ1) is 19.4. The predicted octanol–water partition coefficient (Wildman–Crippen LogP) is 2.94. The Bertz CT molecular complexity index is 645. The zero-order valence-electron chi connectivity index (χ0n) is 15.0. The van der Waals surface area contributed by atoms with Crippen LogP contribution in [0.5, 0.6) is 5.75 Å². The molecule has 1 aromatic rings. The summed E-state index contributed by atoms with van der Waals surface area (Å²) in [6.45, 7) is 6.54. The molecule has 1 aliphatic rings. The van der Waals surface area contributed by atoms with E-state index in [0.29, 0.717) is 6.54 Å². The fourth-order valence-electron chi connectivity index (χ4n) is 2.50. The lowest BCUT2D eigenvalue weighted by Crippen LogP contribution is -2.47. The number of halogens is 1. The van der Waals surface area contributed by atoms with Crippen molar-refractivity contribution in [3.63, 3.8) is 0 Å². The van der Waals surface area contributed by atoms with E-state index in [0.717, 1.165) is 28.9 Å². The summed E-state index contributed by atoms with van der Waals surface area (Å²) < 4.78 is 11.2. The van der Waals surface area contributed by atoms with Crippen molar-refractivity contribution >= 4 is 33.6 Å². The molecule has 0 atom stereocenters. The lowest BCUT2D eigenvalue weighted by Gasteiger charge is -2.31. The molecule has 0 spiro atoms. The van der Waals surface area contributed by atoms with Crippen LogP contribution >= 0.6 is 15.9 Å². The van der Waals surface area contributed by atoms with Gasteiger partial charge in [0.2, 0.25) is 0 Å². The number of methoxy groups -OCH3 is 1. The van der Waals surface area contributed by atoms with Crippen molar-refractivity contribution in [2.45, 2.75) is 32.8 Å². The lowest BCUT2D eigenvalue weighted by atomic mass is 10.2. The number of amides is 2. The van der Waals surface area contributed by atoms with Crippen LogP contribution in [0.4, 0.5) is 10.5 Å². The van der Waals surface area contributed by atoms with Crippen LogP contribution in [-0.4, -0.2) is 49.4 Å². The number of carbonyl (C=O) groups is 2. The fourth-order valence-corrected chi connectivity index (χ4v) is 3.06. The number of nitrogens with one attached hydrogen (secondary N) is 1. The lowest BCUT2D eigenvalue weighted by molar-refractivity contribution is -0.129. The minimum Gasteiger partial charge on any atom is -0.497 e. The van der Waals surface area contributed by atoms with Gasteiger partial charge in [0.1, 0.15) is 17.9 Å². The van der Waals surface area contributed by atoms with Gasteiger partial charge in [-0.05, 0) is 61.3 Å². The zero-order valence-corrected chi connectivity index (χ0v) is 16.6. The van der Waals surface area contributed by atoms with Crippen molar-refractivity contribution in [1.82, 2.24) is 10.3 Å². The van der Waals surface area contributed by atoms with E-state index in [1.807, 2.05) is 23.2 Å². The maximum atomic E-state index is 12.5. The summed E-state index contributed by atoms with van der Waals surface area (Å²) in [5.74, 6) is 0.547. The number of hydrazine groups is 1. The average Bonchev–Trinajstić information content (AvgIpc) is 3.00. The van der Waals surface area contributed by atoms with Gasteiger partial charge >= 0.3 is 6.09 Å². The van der Waals surface area contributed by atoms with Gasteiger partial charge in [0.15, 0.2) is 0 Å². The highest BCUT2D eigenvalue weighted by atomic mass is 79.9. The molecule has 2 rings (SSSR count). The summed E-state index contributed by atoms with van der Waals surface area (Å²) in [6, 6.07) is 5.60. The summed E-state index contributed by atoms with van der Waals surface area (Å²) in [5.41, 5.74) is 0.282. The van der Waals surface area contributed by atoms with Gasteiger partial charge in [0.05, 0.1) is 12.8 Å². The highest BCUT2D eigenvalue weighted by Gasteiger charge is 2.28. The molecular formula is C17H24BrN3O4. The number of benzene rings is 1. The summed E-state index contributed by atoms with van der Waals surface area (Å²) in [4.78, 5) is 24.2. The van der Waals surface area contributed by atoms with Gasteiger partial charge in [0.25, 0.3) is 5.91 Å². The van der Waals surface area contributed by atoms with Crippen LogP contribution < -0.4 is 15.1 Å². The Morgan fingerprint density at radius 2 is 2.00 bits per heavy atom. The van der Waals surface area contributed by atoms with E-state index in [1.165, 1.54) is 0 Å². The Hall–Kier alpha value is -1.96. The Morgan fingerprint density at radius 3 is 2.60 bits per heavy atom. The molecule has 0 aromatic heterocycles. The van der Waals surface area contributed by atoms with Crippen LogP contribution in [0.2, 0.25) is 0 Å². The van der Waals surface area contributed by atoms with E-state index in [9.17, 15) is 9.59 Å². The molecule has 1 heterocycles. The Kier molecular flexibility index (Phi) is 6.16. The van der Waals surface area contributed by atoms with E-state index in [1.54, 1.807) is 32.9 Å². The van der Waals surface area contributed by atoms with Gasteiger partial charge in [-0.1, -0.05) is 0 Å². The normalized spacial score (nSPS) is 14.4. The molecule has 0 unspecified atom stereocenters. The Morgan fingerprint density at radius 1 is 1.28 bits per heavy atom. The minimum absolute atomic E-state index is 0.112. The quantitative estimate of drug-likeness (QED) is 0.821. The van der Waals surface area contributed by atoms with E-state index in [4.69, 9.17) is 9.47 Å². The maximum Gasteiger partial charge on any atom is 0.408 e. The van der Waals surface area contributed by atoms with Gasteiger partial charge in [-0.25, -0.2) is 4.79 Å². The number of hydrogen-bond donors (Lipinski definition) is 1. The number of nitrogens with zero attached hydrogens (tertiary/aromatic N) is 2. The van der Waals surface area contributed by atoms with Crippen LogP contribution in [0.3, 0.4) is 0 Å². The van der Waals surface area contributed by atoms with Crippen molar-refractivity contribution in [2.75, 3.05) is 31.8 Å². The number of hydrogen-bond acceptors (Lipinski definition) is 5. The molecule has 1 aliphatic heterocycles. The topological polar surface area (TPSA) is 71.1 Å². The molecule has 25 heavy (non-hydrogen) atoms. The second-order valence-electron chi connectivity index (χ2n) is 6.67. The van der Waals surface area contributed by atoms with Crippen LogP contribution in [0.15, 0.2) is 22.7 Å². The van der Waals surface area contributed by atoms with Gasteiger partial charge in [-0.15, -0.1) is 0 Å². The van der Waals surface area contributed by atoms with E-state index < -0.39 is 11.7 Å². The number of carbonyl (C=O) groups excluding carboxylic acids is 2. The van der Waals surface area contributed by atoms with Crippen molar-refractivity contribution in [3.8, 4) is 5.75 Å². The van der Waals surface area contributed by atoms with E-state index >= 15 is 0 Å². The maximum absolute atomic E-state index is 12.5. The first-order valence-electron chi connectivity index (χ1n) is 8.09. The fraction of sp³-hybridized carbons (Fsp3) is 0.529. The van der Waals surface area contributed by atoms with Gasteiger partial charge in [0, 0.05) is 17.6 Å². The molecule has 1 aromatic carbocycles. The monoisotopic (exact) mass is 413 g/mol. The highest BCUT2D eigenvalue weighted by molar-refractivity contribution is 9.10. The number of ether oxygens (including phenoxy) is 2. The molecule has 0 bridgehead atoms. The van der Waals surface area contributed by atoms with E-state index in [2.05, 4.69) is 21.2 Å². The van der Waals surface area contributed by atoms with Gasteiger partial charge in [-0.3, -0.25) is 14.8 Å². The molecule has 7 nitrogen and oxygen atoms in total. The zero-order chi connectivity index (χ0) is 18.6. The third-order valence-electron chi connectivity index (χ3n) is 3.53. The number of alkyl carbamates (subject to hydrolysis) is 1. The van der Waals surface area contributed by atoms with Crippen molar-refractivity contribution in [2.24, 2.45) is 0 Å². The summed E-state index contributed by atoms with van der Waals surface area (Å²) in [6.07, 6.45) is 0.258. The molecule has 1 N–H and O–H groups in total. The second kappa shape index (κ2) is 7.95. The van der Waals surface area contributed by atoms with Crippen molar-refractivity contribution in [1.29, 1.82) is 0 Å². The molecule has 1 fully saturated rings. The highest BCUT2D eigenvalue weighted by Crippen LogP contribution is 2.33. The number of anilines is 1. The summed E-state index contributed by atoms with van der Waals surface area (Å²) >= 11 is 3.52. The first-order valence-corrected chi connectivity index (χ1v) is 8.89. The van der Waals surface area contributed by atoms with Crippen LogP contribution in [-0.2, 0) is 9.53 Å². The van der Waals surface area contributed by atoms with Crippen LogP contribution in [0, 0.1) is 0 Å². The smallest absolute Gasteiger partial charge is 0.408 e. The molecule has 138 valence electrons. The Labute approximate surface area is 156 Å². The second-order valence-corrected chi connectivity index (χ2v) is 7.52. The third kappa shape index (κ3) is 5.26. The number of rotatable bonds is 4. The van der Waals surface area contributed by atoms with Crippen molar-refractivity contribution in [3.05, 3.63) is 22.7 Å². The van der Waals surface area contributed by atoms with E-state index in [-0.39, 0.29) is 12.5 Å². The third-order valence-corrected chi connectivity index (χ3v) is 4.17. The molecule has 2 amide bonds. The first-order chi connectivity index (χ1) is 11.7. The molecule has 1 saturated heterocycles. The van der Waals surface area contributed by atoms with Gasteiger partial charge in [-0.2, -0.15) is 0 Å². The predicted molar refractivity (Wildman–Crippen MR) is 98.6 cm³/mol.